The van der Waals surface area contributed by atoms with Gasteiger partial charge >= 0.3 is 0 Å². The summed E-state index contributed by atoms with van der Waals surface area (Å²) in [5, 5.41) is 35.0. The highest BCUT2D eigenvalue weighted by molar-refractivity contribution is 6.29. The standard InChI is InChI=1S/C23H30N6O3/c1-14-2-5-17(31)21-18(14)22-20-16(29(28-22)12-10-26-11-13-30)4-3-15(19(20)23(21)32)27-9-8-25-7-6-24/h2-5,25-27,30-31H,6-13,24H2,1H3. The number of hydrogen-bond acceptors (Lipinski definition) is 8. The molecule has 9 nitrogen and oxygen atoms in total. The van der Waals surface area contributed by atoms with Crippen LogP contribution in [0.15, 0.2) is 24.3 Å². The fourth-order valence-electron chi connectivity index (χ4n) is 4.26. The maximum Gasteiger partial charge on any atom is 0.200 e. The molecule has 0 unspecified atom stereocenters. The summed E-state index contributed by atoms with van der Waals surface area (Å²) in [6.07, 6.45) is 0. The summed E-state index contributed by atoms with van der Waals surface area (Å²) in [5.41, 5.74) is 10.3. The molecule has 0 amide bonds. The lowest BCUT2D eigenvalue weighted by Crippen LogP contribution is -2.27. The lowest BCUT2D eigenvalue weighted by Gasteiger charge is -2.21. The van der Waals surface area contributed by atoms with Crippen LogP contribution < -0.4 is 21.7 Å². The minimum Gasteiger partial charge on any atom is -0.507 e. The SMILES string of the molecule is Cc1ccc(O)c2c1-c1nn(CCNCCO)c3ccc(NCCNCCN)c(c13)C2=O. The molecule has 1 aliphatic carbocycles. The molecule has 1 aromatic heterocycles. The van der Waals surface area contributed by atoms with E-state index in [1.807, 2.05) is 29.8 Å². The van der Waals surface area contributed by atoms with E-state index in [1.54, 1.807) is 6.07 Å². The van der Waals surface area contributed by atoms with E-state index in [9.17, 15) is 9.90 Å². The quantitative estimate of drug-likeness (QED) is 0.189. The summed E-state index contributed by atoms with van der Waals surface area (Å²) in [4.78, 5) is 13.6. The van der Waals surface area contributed by atoms with Gasteiger partial charge in [-0.1, -0.05) is 6.07 Å². The van der Waals surface area contributed by atoms with E-state index in [2.05, 4.69) is 16.0 Å². The molecule has 0 spiro atoms. The first-order valence-corrected chi connectivity index (χ1v) is 11.0. The van der Waals surface area contributed by atoms with Crippen molar-refractivity contribution in [2.75, 3.05) is 51.2 Å². The van der Waals surface area contributed by atoms with Gasteiger partial charge in [0.25, 0.3) is 0 Å². The minimum absolute atomic E-state index is 0.0343. The number of aliphatic hydroxyl groups is 1. The summed E-state index contributed by atoms with van der Waals surface area (Å²) in [6.45, 7) is 6.39. The number of aliphatic hydroxyl groups excluding tert-OH is 1. The Hall–Kier alpha value is -2.98. The van der Waals surface area contributed by atoms with Crippen molar-refractivity contribution in [2.24, 2.45) is 5.73 Å². The number of carbonyl (C=O) groups excluding carboxylic acids is 1. The van der Waals surface area contributed by atoms with Crippen molar-refractivity contribution in [3.05, 3.63) is 41.0 Å². The highest BCUT2D eigenvalue weighted by Gasteiger charge is 2.34. The molecule has 0 radical (unpaired) electrons. The molecular weight excluding hydrogens is 408 g/mol. The average Bonchev–Trinajstić information content (AvgIpc) is 3.15. The summed E-state index contributed by atoms with van der Waals surface area (Å²) < 4.78 is 1.89. The van der Waals surface area contributed by atoms with Gasteiger partial charge in [0.1, 0.15) is 11.4 Å². The summed E-state index contributed by atoms with van der Waals surface area (Å²) in [5.74, 6) is -0.234. The van der Waals surface area contributed by atoms with Crippen molar-refractivity contribution in [2.45, 2.75) is 13.5 Å². The number of nitrogens with one attached hydrogen (secondary N) is 3. The number of aryl methyl sites for hydroxylation is 1. The van der Waals surface area contributed by atoms with Crippen LogP contribution in [-0.2, 0) is 6.54 Å². The largest absolute Gasteiger partial charge is 0.507 e. The first-order valence-electron chi connectivity index (χ1n) is 11.0. The third-order valence-electron chi connectivity index (χ3n) is 5.73. The van der Waals surface area contributed by atoms with Crippen molar-refractivity contribution in [1.82, 2.24) is 20.4 Å². The van der Waals surface area contributed by atoms with Gasteiger partial charge in [0, 0.05) is 55.9 Å². The van der Waals surface area contributed by atoms with Crippen molar-refractivity contribution < 1.29 is 15.0 Å². The molecular formula is C23H30N6O3. The summed E-state index contributed by atoms with van der Waals surface area (Å²) in [6, 6.07) is 7.26. The van der Waals surface area contributed by atoms with Crippen LogP contribution >= 0.6 is 0 Å². The second-order valence-corrected chi connectivity index (χ2v) is 7.87. The number of carbonyl (C=O) groups is 1. The van der Waals surface area contributed by atoms with Crippen molar-refractivity contribution in [1.29, 1.82) is 0 Å². The number of ketones is 1. The Morgan fingerprint density at radius 3 is 2.59 bits per heavy atom. The Bertz CT molecular complexity index is 1140. The molecule has 0 bridgehead atoms. The van der Waals surface area contributed by atoms with Crippen molar-refractivity contribution >= 4 is 22.4 Å². The van der Waals surface area contributed by atoms with E-state index in [1.165, 1.54) is 0 Å². The first-order chi connectivity index (χ1) is 15.6. The molecule has 0 atom stereocenters. The van der Waals surface area contributed by atoms with Gasteiger partial charge < -0.3 is 31.9 Å². The van der Waals surface area contributed by atoms with E-state index in [0.717, 1.165) is 28.7 Å². The Labute approximate surface area is 186 Å². The molecule has 0 fully saturated rings. The third-order valence-corrected chi connectivity index (χ3v) is 5.73. The highest BCUT2D eigenvalue weighted by atomic mass is 16.3. The van der Waals surface area contributed by atoms with Gasteiger partial charge in [0.15, 0.2) is 5.78 Å². The number of aromatic nitrogens is 2. The van der Waals surface area contributed by atoms with E-state index >= 15 is 0 Å². The van der Waals surface area contributed by atoms with Gasteiger partial charge in [-0.25, -0.2) is 0 Å². The molecule has 0 aliphatic heterocycles. The number of aromatic hydroxyl groups is 1. The zero-order valence-electron chi connectivity index (χ0n) is 18.2. The van der Waals surface area contributed by atoms with Crippen LogP contribution in [0.25, 0.3) is 22.2 Å². The van der Waals surface area contributed by atoms with Crippen LogP contribution in [0, 0.1) is 6.92 Å². The smallest absolute Gasteiger partial charge is 0.200 e. The number of phenols is 1. The van der Waals surface area contributed by atoms with Gasteiger partial charge in [-0.15, -0.1) is 0 Å². The van der Waals surface area contributed by atoms with Gasteiger partial charge in [-0.3, -0.25) is 9.48 Å². The second kappa shape index (κ2) is 9.66. The van der Waals surface area contributed by atoms with Crippen LogP contribution in [0.3, 0.4) is 0 Å². The monoisotopic (exact) mass is 438 g/mol. The molecule has 4 rings (SSSR count). The molecule has 32 heavy (non-hydrogen) atoms. The number of benzene rings is 2. The van der Waals surface area contributed by atoms with E-state index in [4.69, 9.17) is 15.9 Å². The van der Waals surface area contributed by atoms with Crippen LogP contribution in [-0.4, -0.2) is 71.7 Å². The number of nitrogens with zero attached hydrogens (tertiary/aromatic N) is 2. The topological polar surface area (TPSA) is 137 Å². The minimum atomic E-state index is -0.199. The maximum absolute atomic E-state index is 13.6. The predicted octanol–water partition coefficient (Wildman–Crippen LogP) is 0.804. The number of fused-ring (bicyclic) bond motifs is 2. The Morgan fingerprint density at radius 1 is 1.00 bits per heavy atom. The molecule has 170 valence electrons. The number of phenolic OH excluding ortho intramolecular Hbond substituents is 1. The van der Waals surface area contributed by atoms with Crippen LogP contribution in [0.2, 0.25) is 0 Å². The Kier molecular flexibility index (Phi) is 6.71. The van der Waals surface area contributed by atoms with E-state index < -0.39 is 0 Å². The van der Waals surface area contributed by atoms with E-state index in [-0.39, 0.29) is 18.1 Å². The van der Waals surface area contributed by atoms with Crippen molar-refractivity contribution in [3.8, 4) is 17.0 Å². The van der Waals surface area contributed by atoms with Crippen molar-refractivity contribution in [3.63, 3.8) is 0 Å². The predicted molar refractivity (Wildman–Crippen MR) is 125 cm³/mol. The number of rotatable bonds is 11. The summed E-state index contributed by atoms with van der Waals surface area (Å²) >= 11 is 0. The summed E-state index contributed by atoms with van der Waals surface area (Å²) in [7, 11) is 0. The van der Waals surface area contributed by atoms with Crippen LogP contribution in [0.4, 0.5) is 5.69 Å². The Balaban J connectivity index is 1.80. The number of hydrogen-bond donors (Lipinski definition) is 6. The molecule has 0 saturated carbocycles. The lowest BCUT2D eigenvalue weighted by atomic mass is 9.84. The zero-order chi connectivity index (χ0) is 22.7. The second-order valence-electron chi connectivity index (χ2n) is 7.87. The third kappa shape index (κ3) is 3.95. The molecule has 2 aromatic carbocycles. The van der Waals surface area contributed by atoms with Crippen LogP contribution in [0.1, 0.15) is 21.5 Å². The fraction of sp³-hybridized carbons (Fsp3) is 0.391. The average molecular weight is 439 g/mol. The first kappa shape index (κ1) is 22.2. The van der Waals surface area contributed by atoms with Crippen LogP contribution in [0.5, 0.6) is 5.75 Å². The maximum atomic E-state index is 13.6. The number of anilines is 1. The van der Waals surface area contributed by atoms with E-state index in [0.29, 0.717) is 61.7 Å². The molecule has 9 heteroatoms. The van der Waals surface area contributed by atoms with Gasteiger partial charge in [0.2, 0.25) is 0 Å². The normalized spacial score (nSPS) is 12.4. The fourth-order valence-corrected chi connectivity index (χ4v) is 4.26. The lowest BCUT2D eigenvalue weighted by molar-refractivity contribution is 0.103. The molecule has 1 heterocycles. The Morgan fingerprint density at radius 2 is 1.81 bits per heavy atom. The molecule has 1 aliphatic rings. The van der Waals surface area contributed by atoms with Gasteiger partial charge in [0.05, 0.1) is 29.8 Å². The zero-order valence-corrected chi connectivity index (χ0v) is 18.2. The van der Waals surface area contributed by atoms with Gasteiger partial charge in [-0.05, 0) is 30.7 Å². The molecule has 7 N–H and O–H groups in total. The highest BCUT2D eigenvalue weighted by Crippen LogP contribution is 2.45. The molecule has 3 aromatic rings. The van der Waals surface area contributed by atoms with Gasteiger partial charge in [-0.2, -0.15) is 5.10 Å². The molecule has 0 saturated heterocycles. The number of nitrogens with two attached hydrogens (primary N) is 1.